The molecule has 2 aliphatic rings. The number of aliphatic imine (C=N–C) groups is 1. The van der Waals surface area contributed by atoms with Gasteiger partial charge in [-0.1, -0.05) is 47.3 Å². The van der Waals surface area contributed by atoms with Gasteiger partial charge in [-0.25, -0.2) is 0 Å². The normalized spacial score (nSPS) is 21.8. The Bertz CT molecular complexity index is 501. The topological polar surface area (TPSA) is 41.5 Å². The second-order valence-corrected chi connectivity index (χ2v) is 5.93. The monoisotopic (exact) mass is 306 g/mol. The molecule has 1 N–H and O–H groups in total. The molecule has 1 aromatic rings. The van der Waals surface area contributed by atoms with Crippen molar-refractivity contribution in [1.29, 1.82) is 0 Å². The Labute approximate surface area is 115 Å². The lowest BCUT2D eigenvalue weighted by Crippen LogP contribution is -2.41. The molecule has 1 spiro atoms. The van der Waals surface area contributed by atoms with Crippen LogP contribution in [0.4, 0.5) is 0 Å². The number of amidine groups is 1. The maximum atomic E-state index is 12.2. The number of rotatable bonds is 1. The quantitative estimate of drug-likeness (QED) is 0.851. The molecule has 4 heteroatoms. The van der Waals surface area contributed by atoms with E-state index in [9.17, 15) is 4.79 Å². The van der Waals surface area contributed by atoms with E-state index in [1.807, 2.05) is 24.3 Å². The Morgan fingerprint density at radius 2 is 1.78 bits per heavy atom. The van der Waals surface area contributed by atoms with Crippen LogP contribution in [0.15, 0.2) is 33.7 Å². The number of halogens is 1. The molecule has 3 nitrogen and oxygen atoms in total. The number of nitrogens with one attached hydrogen (secondary N) is 1. The summed E-state index contributed by atoms with van der Waals surface area (Å²) in [5, 5.41) is 2.95. The van der Waals surface area contributed by atoms with Crippen LogP contribution in [0, 0.1) is 0 Å². The third-order valence-electron chi connectivity index (χ3n) is 3.78. The molecule has 18 heavy (non-hydrogen) atoms. The van der Waals surface area contributed by atoms with Gasteiger partial charge < -0.3 is 5.32 Å². The SMILES string of the molecule is O=C1NC(c2ccc(Br)cc2)=NC12CCCCC2. The third kappa shape index (κ3) is 1.99. The minimum atomic E-state index is -0.472. The maximum Gasteiger partial charge on any atom is 0.253 e. The van der Waals surface area contributed by atoms with Gasteiger partial charge in [-0.2, -0.15) is 0 Å². The summed E-state index contributed by atoms with van der Waals surface area (Å²) < 4.78 is 1.03. The molecule has 1 aliphatic heterocycles. The predicted molar refractivity (Wildman–Crippen MR) is 74.6 cm³/mol. The molecule has 1 amide bonds. The zero-order valence-corrected chi connectivity index (χ0v) is 11.7. The van der Waals surface area contributed by atoms with Crippen molar-refractivity contribution in [2.24, 2.45) is 4.99 Å². The number of carbonyl (C=O) groups is 1. The second-order valence-electron chi connectivity index (χ2n) is 5.01. The highest BCUT2D eigenvalue weighted by Crippen LogP contribution is 2.35. The molecule has 1 heterocycles. The van der Waals surface area contributed by atoms with Crippen LogP contribution in [0.5, 0.6) is 0 Å². The molecule has 0 bridgehead atoms. The first-order chi connectivity index (χ1) is 8.70. The van der Waals surface area contributed by atoms with Crippen molar-refractivity contribution in [1.82, 2.24) is 5.32 Å². The van der Waals surface area contributed by atoms with Crippen molar-refractivity contribution < 1.29 is 4.79 Å². The summed E-state index contributed by atoms with van der Waals surface area (Å²) in [7, 11) is 0. The molecule has 1 saturated carbocycles. The van der Waals surface area contributed by atoms with E-state index in [2.05, 4.69) is 21.2 Å². The molecular formula is C14H15BrN2O. The minimum Gasteiger partial charge on any atom is -0.308 e. The smallest absolute Gasteiger partial charge is 0.253 e. The number of nitrogens with zero attached hydrogens (tertiary/aromatic N) is 1. The fourth-order valence-electron chi connectivity index (χ4n) is 2.74. The summed E-state index contributed by atoms with van der Waals surface area (Å²) in [6.45, 7) is 0. The molecule has 1 aliphatic carbocycles. The van der Waals surface area contributed by atoms with E-state index in [1.54, 1.807) is 0 Å². The van der Waals surface area contributed by atoms with Crippen LogP contribution < -0.4 is 5.32 Å². The van der Waals surface area contributed by atoms with Crippen LogP contribution in [0.3, 0.4) is 0 Å². The van der Waals surface area contributed by atoms with E-state index in [1.165, 1.54) is 6.42 Å². The van der Waals surface area contributed by atoms with Gasteiger partial charge in [-0.05, 0) is 25.0 Å². The number of benzene rings is 1. The van der Waals surface area contributed by atoms with Gasteiger partial charge in [0.2, 0.25) is 0 Å². The Balaban J connectivity index is 1.92. The number of carbonyl (C=O) groups excluding carboxylic acids is 1. The van der Waals surface area contributed by atoms with Crippen molar-refractivity contribution in [3.63, 3.8) is 0 Å². The molecule has 0 aromatic heterocycles. The zero-order chi connectivity index (χ0) is 12.6. The summed E-state index contributed by atoms with van der Waals surface area (Å²) >= 11 is 3.41. The molecule has 0 atom stereocenters. The summed E-state index contributed by atoms with van der Waals surface area (Å²) in [5.41, 5.74) is 0.509. The Morgan fingerprint density at radius 1 is 1.11 bits per heavy atom. The number of amides is 1. The highest BCUT2D eigenvalue weighted by atomic mass is 79.9. The van der Waals surface area contributed by atoms with Crippen LogP contribution in [-0.4, -0.2) is 17.3 Å². The highest BCUT2D eigenvalue weighted by molar-refractivity contribution is 9.10. The minimum absolute atomic E-state index is 0.0834. The highest BCUT2D eigenvalue weighted by Gasteiger charge is 2.44. The van der Waals surface area contributed by atoms with Crippen LogP contribution in [0.1, 0.15) is 37.7 Å². The summed E-state index contributed by atoms with van der Waals surface area (Å²) in [4.78, 5) is 16.9. The molecule has 1 fully saturated rings. The van der Waals surface area contributed by atoms with Crippen molar-refractivity contribution in [3.8, 4) is 0 Å². The van der Waals surface area contributed by atoms with E-state index in [0.29, 0.717) is 0 Å². The van der Waals surface area contributed by atoms with E-state index in [0.717, 1.165) is 41.6 Å². The van der Waals surface area contributed by atoms with Crippen LogP contribution in [-0.2, 0) is 4.79 Å². The summed E-state index contributed by atoms with van der Waals surface area (Å²) in [6.07, 6.45) is 5.20. The third-order valence-corrected chi connectivity index (χ3v) is 4.31. The van der Waals surface area contributed by atoms with E-state index >= 15 is 0 Å². The first-order valence-electron chi connectivity index (χ1n) is 6.37. The lowest BCUT2D eigenvalue weighted by atomic mass is 9.82. The lowest BCUT2D eigenvalue weighted by molar-refractivity contribution is -0.124. The molecule has 0 radical (unpaired) electrons. The first kappa shape index (κ1) is 11.9. The van der Waals surface area contributed by atoms with Crippen LogP contribution >= 0.6 is 15.9 Å². The second kappa shape index (κ2) is 4.50. The van der Waals surface area contributed by atoms with Crippen molar-refractivity contribution in [2.75, 3.05) is 0 Å². The standard InChI is InChI=1S/C14H15BrN2O/c15-11-6-4-10(5-7-11)12-16-13(18)14(17-12)8-2-1-3-9-14/h4-7H,1-3,8-9H2,(H,16,17,18). The Morgan fingerprint density at radius 3 is 2.44 bits per heavy atom. The van der Waals surface area contributed by atoms with Gasteiger partial charge >= 0.3 is 0 Å². The Kier molecular flexibility index (Phi) is 2.98. The van der Waals surface area contributed by atoms with E-state index in [4.69, 9.17) is 4.99 Å². The average Bonchev–Trinajstić information content (AvgIpc) is 2.69. The van der Waals surface area contributed by atoms with Crippen molar-refractivity contribution >= 4 is 27.7 Å². The molecular weight excluding hydrogens is 292 g/mol. The van der Waals surface area contributed by atoms with Gasteiger partial charge in [-0.3, -0.25) is 9.79 Å². The zero-order valence-electron chi connectivity index (χ0n) is 10.1. The van der Waals surface area contributed by atoms with Gasteiger partial charge in [0, 0.05) is 10.0 Å². The fourth-order valence-corrected chi connectivity index (χ4v) is 3.00. The predicted octanol–water partition coefficient (Wildman–Crippen LogP) is 3.03. The molecule has 94 valence electrons. The molecule has 1 aromatic carbocycles. The fraction of sp³-hybridized carbons (Fsp3) is 0.429. The first-order valence-corrected chi connectivity index (χ1v) is 7.16. The number of hydrogen-bond acceptors (Lipinski definition) is 2. The molecule has 0 saturated heterocycles. The van der Waals surface area contributed by atoms with Gasteiger partial charge in [0.15, 0.2) is 0 Å². The van der Waals surface area contributed by atoms with E-state index < -0.39 is 5.54 Å². The molecule has 3 rings (SSSR count). The van der Waals surface area contributed by atoms with Gasteiger partial charge in [-0.15, -0.1) is 0 Å². The van der Waals surface area contributed by atoms with Crippen molar-refractivity contribution in [2.45, 2.75) is 37.6 Å². The lowest BCUT2D eigenvalue weighted by Gasteiger charge is -2.27. The van der Waals surface area contributed by atoms with Crippen molar-refractivity contribution in [3.05, 3.63) is 34.3 Å². The Hall–Kier alpha value is -1.16. The number of hydrogen-bond donors (Lipinski definition) is 1. The van der Waals surface area contributed by atoms with Crippen LogP contribution in [0.2, 0.25) is 0 Å². The average molecular weight is 307 g/mol. The maximum absolute atomic E-state index is 12.2. The molecule has 0 unspecified atom stereocenters. The van der Waals surface area contributed by atoms with Gasteiger partial charge in [0.1, 0.15) is 11.4 Å². The summed E-state index contributed by atoms with van der Waals surface area (Å²) in [5.74, 6) is 0.814. The largest absolute Gasteiger partial charge is 0.308 e. The van der Waals surface area contributed by atoms with Gasteiger partial charge in [0.25, 0.3) is 5.91 Å². The van der Waals surface area contributed by atoms with Gasteiger partial charge in [0.05, 0.1) is 0 Å². The van der Waals surface area contributed by atoms with Crippen LogP contribution in [0.25, 0.3) is 0 Å². The van der Waals surface area contributed by atoms with E-state index in [-0.39, 0.29) is 5.91 Å². The summed E-state index contributed by atoms with van der Waals surface area (Å²) in [6, 6.07) is 7.89.